The van der Waals surface area contributed by atoms with Crippen LogP contribution in [0.1, 0.15) is 11.1 Å². The first-order valence-corrected chi connectivity index (χ1v) is 6.52. The summed E-state index contributed by atoms with van der Waals surface area (Å²) < 4.78 is 5.31. The van der Waals surface area contributed by atoms with Crippen molar-refractivity contribution in [3.8, 4) is 6.07 Å². The topological polar surface area (TPSA) is 91.4 Å². The van der Waals surface area contributed by atoms with Gasteiger partial charge >= 0.3 is 0 Å². The molecule has 3 N–H and O–H groups in total. The molecule has 1 fully saturated rings. The van der Waals surface area contributed by atoms with Gasteiger partial charge in [-0.3, -0.25) is 15.1 Å². The van der Waals surface area contributed by atoms with Gasteiger partial charge in [-0.2, -0.15) is 5.26 Å². The third-order valence-electron chi connectivity index (χ3n) is 3.25. The highest BCUT2D eigenvalue weighted by Gasteiger charge is 2.19. The molecular weight excluding hydrogens is 256 g/mol. The SMILES string of the molecule is N#CC1CN(Cc2ccc(CC(=O)NN)cc2)CCO1. The van der Waals surface area contributed by atoms with Crippen LogP contribution in [0.4, 0.5) is 0 Å². The van der Waals surface area contributed by atoms with Gasteiger partial charge in [-0.25, -0.2) is 5.84 Å². The first-order valence-electron chi connectivity index (χ1n) is 6.52. The Kier molecular flexibility index (Phi) is 5.07. The number of hydrogen-bond acceptors (Lipinski definition) is 5. The number of nitrogens with one attached hydrogen (secondary N) is 1. The molecule has 1 aliphatic rings. The van der Waals surface area contributed by atoms with Gasteiger partial charge in [0.2, 0.25) is 5.91 Å². The maximum absolute atomic E-state index is 11.2. The molecule has 0 aromatic heterocycles. The lowest BCUT2D eigenvalue weighted by Gasteiger charge is -2.29. The Balaban J connectivity index is 1.90. The summed E-state index contributed by atoms with van der Waals surface area (Å²) in [4.78, 5) is 13.4. The second kappa shape index (κ2) is 7.01. The smallest absolute Gasteiger partial charge is 0.238 e. The van der Waals surface area contributed by atoms with Crippen molar-refractivity contribution < 1.29 is 9.53 Å². The molecule has 1 aromatic rings. The van der Waals surface area contributed by atoms with Gasteiger partial charge in [-0.05, 0) is 11.1 Å². The largest absolute Gasteiger partial charge is 0.361 e. The molecule has 0 radical (unpaired) electrons. The van der Waals surface area contributed by atoms with Crippen LogP contribution in [0, 0.1) is 11.3 Å². The molecule has 106 valence electrons. The Hall–Kier alpha value is -1.94. The molecule has 2 rings (SSSR count). The fourth-order valence-corrected chi connectivity index (χ4v) is 2.18. The number of carbonyl (C=O) groups excluding carboxylic acids is 1. The third-order valence-corrected chi connectivity index (χ3v) is 3.25. The number of hydrogen-bond donors (Lipinski definition) is 2. The Bertz CT molecular complexity index is 495. The van der Waals surface area contributed by atoms with E-state index in [0.29, 0.717) is 13.2 Å². The normalized spacial score (nSPS) is 19.3. The van der Waals surface area contributed by atoms with E-state index in [1.807, 2.05) is 24.3 Å². The number of carbonyl (C=O) groups is 1. The van der Waals surface area contributed by atoms with Crippen LogP contribution in [0.25, 0.3) is 0 Å². The van der Waals surface area contributed by atoms with Gasteiger partial charge in [0.15, 0.2) is 6.10 Å². The lowest BCUT2D eigenvalue weighted by molar-refractivity contribution is -0.120. The standard InChI is InChI=1S/C14H18N4O2/c15-8-13-10-18(5-6-20-13)9-12-3-1-11(2-4-12)7-14(19)17-16/h1-4,13H,5-7,9-10,16H2,(H,17,19). The average molecular weight is 274 g/mol. The van der Waals surface area contributed by atoms with Crippen LogP contribution in [0.15, 0.2) is 24.3 Å². The summed E-state index contributed by atoms with van der Waals surface area (Å²) in [5.74, 6) is 4.85. The molecule has 1 atom stereocenters. The van der Waals surface area contributed by atoms with Crippen molar-refractivity contribution >= 4 is 5.91 Å². The summed E-state index contributed by atoms with van der Waals surface area (Å²) in [6.45, 7) is 2.83. The van der Waals surface area contributed by atoms with Crippen molar-refractivity contribution in [3.63, 3.8) is 0 Å². The Labute approximate surface area is 118 Å². The van der Waals surface area contributed by atoms with E-state index in [9.17, 15) is 4.79 Å². The number of nitrogens with zero attached hydrogens (tertiary/aromatic N) is 2. The second-order valence-corrected chi connectivity index (χ2v) is 4.78. The van der Waals surface area contributed by atoms with E-state index in [0.717, 1.165) is 24.2 Å². The molecule has 1 aliphatic heterocycles. The summed E-state index contributed by atoms with van der Waals surface area (Å²) in [6.07, 6.45) is -0.0542. The molecule has 1 aromatic carbocycles. The summed E-state index contributed by atoms with van der Waals surface area (Å²) in [5.41, 5.74) is 4.19. The van der Waals surface area contributed by atoms with Crippen molar-refractivity contribution in [3.05, 3.63) is 35.4 Å². The van der Waals surface area contributed by atoms with Gasteiger partial charge in [-0.15, -0.1) is 0 Å². The maximum atomic E-state index is 11.2. The molecule has 0 spiro atoms. The van der Waals surface area contributed by atoms with Gasteiger partial charge in [0, 0.05) is 19.6 Å². The van der Waals surface area contributed by atoms with Gasteiger partial charge in [-0.1, -0.05) is 24.3 Å². The van der Waals surface area contributed by atoms with E-state index in [2.05, 4.69) is 16.4 Å². The van der Waals surface area contributed by atoms with E-state index < -0.39 is 0 Å². The molecule has 0 bridgehead atoms. The first kappa shape index (κ1) is 14.5. The molecule has 1 heterocycles. The van der Waals surface area contributed by atoms with Crippen molar-refractivity contribution in [1.29, 1.82) is 5.26 Å². The molecule has 0 aliphatic carbocycles. The van der Waals surface area contributed by atoms with Gasteiger partial charge < -0.3 is 4.74 Å². The molecule has 20 heavy (non-hydrogen) atoms. The fourth-order valence-electron chi connectivity index (χ4n) is 2.18. The van der Waals surface area contributed by atoms with Crippen molar-refractivity contribution in [2.75, 3.05) is 19.7 Å². The highest BCUT2D eigenvalue weighted by atomic mass is 16.5. The number of nitrogens with two attached hydrogens (primary N) is 1. The Morgan fingerprint density at radius 3 is 2.80 bits per heavy atom. The molecule has 6 nitrogen and oxygen atoms in total. The summed E-state index contributed by atoms with van der Waals surface area (Å²) in [7, 11) is 0. The highest BCUT2D eigenvalue weighted by Crippen LogP contribution is 2.11. The molecule has 1 saturated heterocycles. The molecule has 0 saturated carbocycles. The summed E-state index contributed by atoms with van der Waals surface area (Å²) in [6, 6.07) is 9.98. The lowest BCUT2D eigenvalue weighted by Crippen LogP contribution is -2.41. The van der Waals surface area contributed by atoms with Crippen LogP contribution >= 0.6 is 0 Å². The molecule has 1 amide bonds. The minimum Gasteiger partial charge on any atom is -0.361 e. The van der Waals surface area contributed by atoms with Gasteiger partial charge in [0.1, 0.15) is 0 Å². The number of morpholine rings is 1. The summed E-state index contributed by atoms with van der Waals surface area (Å²) >= 11 is 0. The first-order chi connectivity index (χ1) is 9.71. The maximum Gasteiger partial charge on any atom is 0.238 e. The number of amides is 1. The second-order valence-electron chi connectivity index (χ2n) is 4.78. The lowest BCUT2D eigenvalue weighted by atomic mass is 10.1. The van der Waals surface area contributed by atoms with E-state index in [1.165, 1.54) is 0 Å². The minimum absolute atomic E-state index is 0.206. The Morgan fingerprint density at radius 1 is 1.45 bits per heavy atom. The molecular formula is C14H18N4O2. The van der Waals surface area contributed by atoms with Crippen LogP contribution in [-0.4, -0.2) is 36.6 Å². The number of rotatable bonds is 4. The zero-order valence-electron chi connectivity index (χ0n) is 11.2. The number of ether oxygens (including phenoxy) is 1. The summed E-state index contributed by atoms with van der Waals surface area (Å²) in [5, 5.41) is 8.87. The van der Waals surface area contributed by atoms with Crippen molar-refractivity contribution in [2.24, 2.45) is 5.84 Å². The monoisotopic (exact) mass is 274 g/mol. The zero-order chi connectivity index (χ0) is 14.4. The van der Waals surface area contributed by atoms with Crippen LogP contribution in [-0.2, 0) is 22.5 Å². The Morgan fingerprint density at radius 2 is 2.15 bits per heavy atom. The van der Waals surface area contributed by atoms with Crippen LogP contribution < -0.4 is 11.3 Å². The van der Waals surface area contributed by atoms with Crippen LogP contribution in [0.3, 0.4) is 0 Å². The van der Waals surface area contributed by atoms with Crippen LogP contribution in [0.2, 0.25) is 0 Å². The molecule has 1 unspecified atom stereocenters. The molecule has 6 heteroatoms. The average Bonchev–Trinajstić information content (AvgIpc) is 2.49. The predicted molar refractivity (Wildman–Crippen MR) is 73.1 cm³/mol. The van der Waals surface area contributed by atoms with Gasteiger partial charge in [0.05, 0.1) is 19.1 Å². The third kappa shape index (κ3) is 4.03. The van der Waals surface area contributed by atoms with Crippen molar-refractivity contribution in [1.82, 2.24) is 10.3 Å². The van der Waals surface area contributed by atoms with E-state index >= 15 is 0 Å². The minimum atomic E-state index is -0.337. The van der Waals surface area contributed by atoms with E-state index in [4.69, 9.17) is 15.8 Å². The quantitative estimate of drug-likeness (QED) is 0.456. The zero-order valence-corrected chi connectivity index (χ0v) is 11.2. The van der Waals surface area contributed by atoms with Crippen molar-refractivity contribution in [2.45, 2.75) is 19.1 Å². The number of hydrazine groups is 1. The van der Waals surface area contributed by atoms with E-state index in [-0.39, 0.29) is 18.4 Å². The van der Waals surface area contributed by atoms with Crippen LogP contribution in [0.5, 0.6) is 0 Å². The van der Waals surface area contributed by atoms with Gasteiger partial charge in [0.25, 0.3) is 0 Å². The number of nitriles is 1. The predicted octanol–water partition coefficient (Wildman–Crippen LogP) is -0.0566. The van der Waals surface area contributed by atoms with E-state index in [1.54, 1.807) is 0 Å². The highest BCUT2D eigenvalue weighted by molar-refractivity contribution is 5.77. The number of benzene rings is 1. The fraction of sp³-hybridized carbons (Fsp3) is 0.429.